The highest BCUT2D eigenvalue weighted by Crippen LogP contribution is 1.89. The zero-order chi connectivity index (χ0) is 11.5. The molecule has 0 aliphatic heterocycles. The summed E-state index contributed by atoms with van der Waals surface area (Å²) in [5, 5.41) is 0. The van der Waals surface area contributed by atoms with Crippen LogP contribution in [0.1, 0.15) is 20.3 Å². The van der Waals surface area contributed by atoms with Gasteiger partial charge in [-0.25, -0.2) is 9.59 Å². The van der Waals surface area contributed by atoms with Gasteiger partial charge in [-0.15, -0.1) is 0 Å². The maximum atomic E-state index is 10.8. The van der Waals surface area contributed by atoms with Gasteiger partial charge in [0.1, 0.15) is 0 Å². The first-order chi connectivity index (χ1) is 7.20. The Bertz CT molecular complexity index is 227. The molecule has 4 nitrogen and oxygen atoms in total. The lowest BCUT2D eigenvalue weighted by Crippen LogP contribution is -1.99. The number of ether oxygens (including phenoxy) is 2. The van der Waals surface area contributed by atoms with Gasteiger partial charge in [-0.2, -0.15) is 0 Å². The normalized spacial score (nSPS) is 10.8. The van der Waals surface area contributed by atoms with E-state index in [1.54, 1.807) is 26.0 Å². The molecule has 0 N–H and O–H groups in total. The minimum absolute atomic E-state index is 0.363. The highest BCUT2D eigenvalue weighted by Gasteiger charge is 1.92. The Balaban J connectivity index is 3.68. The summed E-state index contributed by atoms with van der Waals surface area (Å²) in [6.45, 7) is 4.21. The van der Waals surface area contributed by atoms with E-state index in [9.17, 15) is 9.59 Å². The summed E-state index contributed by atoms with van der Waals surface area (Å²) >= 11 is 0. The largest absolute Gasteiger partial charge is 0.463 e. The van der Waals surface area contributed by atoms with Crippen LogP contribution in [0.3, 0.4) is 0 Å². The lowest BCUT2D eigenvalue weighted by atomic mass is 10.3. The molecule has 0 saturated heterocycles. The summed E-state index contributed by atoms with van der Waals surface area (Å²) in [6.07, 6.45) is 6.40. The standard InChI is InChI=1S/C11H16O4/c1-3-14-10(12)8-6-5-7-9-11(13)15-4-2/h6-9H,3-5H2,1-2H3/b8-6+,9-7+. The Kier molecular flexibility index (Phi) is 8.05. The van der Waals surface area contributed by atoms with E-state index in [0.29, 0.717) is 19.6 Å². The molecule has 15 heavy (non-hydrogen) atoms. The van der Waals surface area contributed by atoms with Gasteiger partial charge >= 0.3 is 11.9 Å². The van der Waals surface area contributed by atoms with E-state index in [1.807, 2.05) is 0 Å². The molecule has 0 aromatic heterocycles. The van der Waals surface area contributed by atoms with Crippen LogP contribution in [0.4, 0.5) is 0 Å². The SMILES string of the molecule is CCOC(=O)/C=C/C/C=C/C(=O)OCC. The van der Waals surface area contributed by atoms with Crippen molar-refractivity contribution in [1.29, 1.82) is 0 Å². The quantitative estimate of drug-likeness (QED) is 0.496. The lowest BCUT2D eigenvalue weighted by Gasteiger charge is -1.94. The molecule has 0 aliphatic rings. The van der Waals surface area contributed by atoms with Gasteiger partial charge in [0.25, 0.3) is 0 Å². The van der Waals surface area contributed by atoms with Crippen LogP contribution in [0, 0.1) is 0 Å². The molecular formula is C11H16O4. The number of allylic oxidation sites excluding steroid dienone is 2. The summed E-state index contributed by atoms with van der Waals surface area (Å²) in [4.78, 5) is 21.6. The van der Waals surface area contributed by atoms with E-state index in [2.05, 4.69) is 9.47 Å². The smallest absolute Gasteiger partial charge is 0.330 e. The molecule has 0 spiro atoms. The molecule has 0 radical (unpaired) electrons. The fourth-order valence-electron chi connectivity index (χ4n) is 0.788. The number of rotatable bonds is 6. The van der Waals surface area contributed by atoms with Crippen molar-refractivity contribution in [2.24, 2.45) is 0 Å². The molecule has 0 heterocycles. The van der Waals surface area contributed by atoms with Gasteiger partial charge in [0.2, 0.25) is 0 Å². The van der Waals surface area contributed by atoms with Crippen molar-refractivity contribution < 1.29 is 19.1 Å². The molecule has 0 aromatic carbocycles. The van der Waals surface area contributed by atoms with Crippen LogP contribution in [-0.2, 0) is 19.1 Å². The molecule has 4 heteroatoms. The highest BCUT2D eigenvalue weighted by molar-refractivity contribution is 5.82. The monoisotopic (exact) mass is 212 g/mol. The van der Waals surface area contributed by atoms with Crippen molar-refractivity contribution in [2.45, 2.75) is 20.3 Å². The van der Waals surface area contributed by atoms with Crippen LogP contribution < -0.4 is 0 Å². The Hall–Kier alpha value is -1.58. The van der Waals surface area contributed by atoms with E-state index in [1.165, 1.54) is 12.2 Å². The molecule has 0 unspecified atom stereocenters. The zero-order valence-corrected chi connectivity index (χ0v) is 9.06. The molecule has 0 fully saturated rings. The maximum Gasteiger partial charge on any atom is 0.330 e. The first-order valence-corrected chi connectivity index (χ1v) is 4.87. The minimum Gasteiger partial charge on any atom is -0.463 e. The first-order valence-electron chi connectivity index (χ1n) is 4.87. The average Bonchev–Trinajstić information content (AvgIpc) is 2.18. The Morgan fingerprint density at radius 3 is 1.67 bits per heavy atom. The molecule has 0 atom stereocenters. The van der Waals surface area contributed by atoms with Gasteiger partial charge in [-0.05, 0) is 20.3 Å². The van der Waals surface area contributed by atoms with Crippen LogP contribution in [0.25, 0.3) is 0 Å². The topological polar surface area (TPSA) is 52.6 Å². The Labute approximate surface area is 89.6 Å². The second-order valence-corrected chi connectivity index (χ2v) is 2.54. The van der Waals surface area contributed by atoms with Crippen molar-refractivity contribution in [3.63, 3.8) is 0 Å². The van der Waals surface area contributed by atoms with Gasteiger partial charge < -0.3 is 9.47 Å². The van der Waals surface area contributed by atoms with Crippen LogP contribution in [0.2, 0.25) is 0 Å². The van der Waals surface area contributed by atoms with E-state index in [0.717, 1.165) is 0 Å². The zero-order valence-electron chi connectivity index (χ0n) is 9.06. The summed E-state index contributed by atoms with van der Waals surface area (Å²) in [5.41, 5.74) is 0. The summed E-state index contributed by atoms with van der Waals surface area (Å²) < 4.78 is 9.33. The van der Waals surface area contributed by atoms with Crippen molar-refractivity contribution in [3.8, 4) is 0 Å². The van der Waals surface area contributed by atoms with E-state index < -0.39 is 0 Å². The molecule has 0 aromatic rings. The van der Waals surface area contributed by atoms with Crippen LogP contribution in [-0.4, -0.2) is 25.2 Å². The van der Waals surface area contributed by atoms with Crippen molar-refractivity contribution in [2.75, 3.05) is 13.2 Å². The summed E-state index contributed by atoms with van der Waals surface area (Å²) in [6, 6.07) is 0. The number of esters is 2. The lowest BCUT2D eigenvalue weighted by molar-refractivity contribution is -0.138. The van der Waals surface area contributed by atoms with Gasteiger partial charge in [0.15, 0.2) is 0 Å². The predicted octanol–water partition coefficient (Wildman–Crippen LogP) is 1.62. The van der Waals surface area contributed by atoms with Gasteiger partial charge in [-0.1, -0.05) is 12.2 Å². The molecule has 0 rings (SSSR count). The van der Waals surface area contributed by atoms with E-state index in [4.69, 9.17) is 0 Å². The number of hydrogen-bond donors (Lipinski definition) is 0. The van der Waals surface area contributed by atoms with Crippen molar-refractivity contribution in [3.05, 3.63) is 24.3 Å². The molecular weight excluding hydrogens is 196 g/mol. The Morgan fingerprint density at radius 1 is 0.933 bits per heavy atom. The first kappa shape index (κ1) is 13.4. The Morgan fingerprint density at radius 2 is 1.33 bits per heavy atom. The minimum atomic E-state index is -0.373. The van der Waals surface area contributed by atoms with Crippen LogP contribution in [0.15, 0.2) is 24.3 Å². The second kappa shape index (κ2) is 8.99. The third kappa shape index (κ3) is 8.74. The van der Waals surface area contributed by atoms with E-state index in [-0.39, 0.29) is 11.9 Å². The summed E-state index contributed by atoms with van der Waals surface area (Å²) in [5.74, 6) is -0.746. The van der Waals surface area contributed by atoms with E-state index >= 15 is 0 Å². The predicted molar refractivity (Wildman–Crippen MR) is 56.2 cm³/mol. The van der Waals surface area contributed by atoms with Crippen molar-refractivity contribution in [1.82, 2.24) is 0 Å². The average molecular weight is 212 g/mol. The highest BCUT2D eigenvalue weighted by atomic mass is 16.5. The van der Waals surface area contributed by atoms with Gasteiger partial charge in [0.05, 0.1) is 13.2 Å². The third-order valence-electron chi connectivity index (χ3n) is 1.35. The fraction of sp³-hybridized carbons (Fsp3) is 0.455. The van der Waals surface area contributed by atoms with Crippen LogP contribution in [0.5, 0.6) is 0 Å². The summed E-state index contributed by atoms with van der Waals surface area (Å²) in [7, 11) is 0. The second-order valence-electron chi connectivity index (χ2n) is 2.54. The molecule has 0 bridgehead atoms. The number of carbonyl (C=O) groups is 2. The molecule has 84 valence electrons. The van der Waals surface area contributed by atoms with Crippen molar-refractivity contribution >= 4 is 11.9 Å². The van der Waals surface area contributed by atoms with Crippen LogP contribution >= 0.6 is 0 Å². The molecule has 0 saturated carbocycles. The van der Waals surface area contributed by atoms with Gasteiger partial charge in [-0.3, -0.25) is 0 Å². The van der Waals surface area contributed by atoms with Gasteiger partial charge in [0, 0.05) is 12.2 Å². The number of hydrogen-bond acceptors (Lipinski definition) is 4. The fourth-order valence-corrected chi connectivity index (χ4v) is 0.788. The maximum absolute atomic E-state index is 10.8. The molecule has 0 amide bonds. The molecule has 0 aliphatic carbocycles. The number of carbonyl (C=O) groups excluding carboxylic acids is 2. The third-order valence-corrected chi connectivity index (χ3v) is 1.35.